The molecule has 41 heavy (non-hydrogen) atoms. The Morgan fingerprint density at radius 1 is 1.07 bits per heavy atom. The lowest BCUT2D eigenvalue weighted by Gasteiger charge is -2.38. The number of hydrogen-bond acceptors (Lipinski definition) is 8. The van der Waals surface area contributed by atoms with Gasteiger partial charge in [0, 0.05) is 49.1 Å². The number of aliphatic hydroxyl groups excluding tert-OH is 1. The zero-order chi connectivity index (χ0) is 29.0. The predicted octanol–water partition coefficient (Wildman–Crippen LogP) is 3.98. The van der Waals surface area contributed by atoms with Gasteiger partial charge in [-0.1, -0.05) is 42.5 Å². The largest absolute Gasteiger partial charge is 0.465 e. The minimum atomic E-state index is -0.662. The summed E-state index contributed by atoms with van der Waals surface area (Å²) in [6, 6.07) is 20.4. The van der Waals surface area contributed by atoms with Crippen LogP contribution in [-0.4, -0.2) is 66.4 Å². The van der Waals surface area contributed by atoms with Gasteiger partial charge in [-0.15, -0.1) is 0 Å². The second kappa shape index (κ2) is 15.2. The fourth-order valence-electron chi connectivity index (χ4n) is 4.63. The number of nitrogens with one attached hydrogen (secondary N) is 2. The molecule has 3 unspecified atom stereocenters. The molecule has 0 radical (unpaired) electrons. The number of likely N-dealkylation sites (N-methyl/N-ethyl adjacent to an activating group) is 1. The van der Waals surface area contributed by atoms with E-state index < -0.39 is 18.3 Å². The van der Waals surface area contributed by atoms with Crippen molar-refractivity contribution in [1.29, 1.82) is 0 Å². The van der Waals surface area contributed by atoms with Gasteiger partial charge >= 0.3 is 12.0 Å². The summed E-state index contributed by atoms with van der Waals surface area (Å²) in [6.07, 6.45) is 2.31. The van der Waals surface area contributed by atoms with E-state index in [0.717, 1.165) is 35.3 Å². The standard InChI is InChI=1S/C31H38N4O6/c1-3-39-29(37)19-33-31(38)34-26-9-6-7-24(17-26)30-40-27(20-35(2)16-14-25-8-4-5-15-32-25)18-28(41-30)23-12-10-22(21-36)11-13-23/h4-13,15,17,27-28,30,36H,3,14,16,18-21H2,1-2H3,(H2,33,34,38). The first-order valence-electron chi connectivity index (χ1n) is 13.8. The van der Waals surface area contributed by atoms with Gasteiger partial charge in [0.1, 0.15) is 6.54 Å². The van der Waals surface area contributed by atoms with Gasteiger partial charge in [0.15, 0.2) is 6.29 Å². The Hall–Kier alpha value is -3.83. The third-order valence-corrected chi connectivity index (χ3v) is 6.72. The van der Waals surface area contributed by atoms with Crippen LogP contribution in [0.3, 0.4) is 0 Å². The number of carbonyl (C=O) groups excluding carboxylic acids is 2. The number of carbonyl (C=O) groups is 2. The quantitative estimate of drug-likeness (QED) is 0.284. The van der Waals surface area contributed by atoms with Gasteiger partial charge in [-0.25, -0.2) is 4.79 Å². The van der Waals surface area contributed by atoms with Crippen molar-refractivity contribution in [2.45, 2.75) is 44.9 Å². The number of amides is 2. The second-order valence-electron chi connectivity index (χ2n) is 9.92. The Morgan fingerprint density at radius 3 is 2.63 bits per heavy atom. The fraction of sp³-hybridized carbons (Fsp3) is 0.387. The first-order chi connectivity index (χ1) is 19.9. The number of aromatic nitrogens is 1. The van der Waals surface area contributed by atoms with Crippen molar-refractivity contribution in [3.05, 3.63) is 95.3 Å². The molecule has 2 aromatic carbocycles. The smallest absolute Gasteiger partial charge is 0.325 e. The maximum Gasteiger partial charge on any atom is 0.325 e. The molecule has 4 rings (SSSR count). The van der Waals surface area contributed by atoms with E-state index in [2.05, 4.69) is 27.6 Å². The Labute approximate surface area is 240 Å². The summed E-state index contributed by atoms with van der Waals surface area (Å²) >= 11 is 0. The van der Waals surface area contributed by atoms with E-state index in [9.17, 15) is 14.7 Å². The number of benzene rings is 2. The lowest BCUT2D eigenvalue weighted by molar-refractivity contribution is -0.252. The maximum atomic E-state index is 12.3. The first kappa shape index (κ1) is 30.1. The molecule has 1 saturated heterocycles. The molecular formula is C31H38N4O6. The van der Waals surface area contributed by atoms with Crippen LogP contribution in [0.25, 0.3) is 0 Å². The van der Waals surface area contributed by atoms with E-state index in [4.69, 9.17) is 14.2 Å². The zero-order valence-corrected chi connectivity index (χ0v) is 23.5. The van der Waals surface area contributed by atoms with E-state index >= 15 is 0 Å². The number of aliphatic hydroxyl groups is 1. The van der Waals surface area contributed by atoms with E-state index in [1.807, 2.05) is 54.6 Å². The van der Waals surface area contributed by atoms with Crippen LogP contribution in [0.1, 0.15) is 48.1 Å². The monoisotopic (exact) mass is 562 g/mol. The SMILES string of the molecule is CCOC(=O)CNC(=O)Nc1cccc(C2OC(CN(C)CCc3ccccn3)CC(c3ccc(CO)cc3)O2)c1. The van der Waals surface area contributed by atoms with Gasteiger partial charge in [0.2, 0.25) is 0 Å². The normalized spacial score (nSPS) is 18.6. The molecule has 3 aromatic rings. The molecule has 1 aromatic heterocycles. The van der Waals surface area contributed by atoms with E-state index in [-0.39, 0.29) is 32.0 Å². The lowest BCUT2D eigenvalue weighted by Crippen LogP contribution is -2.38. The summed E-state index contributed by atoms with van der Waals surface area (Å²) in [5.41, 5.74) is 4.18. The topological polar surface area (TPSA) is 122 Å². The van der Waals surface area contributed by atoms with Gasteiger partial charge in [-0.3, -0.25) is 9.78 Å². The number of urea groups is 1. The molecular weight excluding hydrogens is 524 g/mol. The van der Waals surface area contributed by atoms with Crippen LogP contribution in [0.15, 0.2) is 72.9 Å². The van der Waals surface area contributed by atoms with Crippen molar-refractivity contribution in [1.82, 2.24) is 15.2 Å². The summed E-state index contributed by atoms with van der Waals surface area (Å²) in [6.45, 7) is 3.25. The summed E-state index contributed by atoms with van der Waals surface area (Å²) in [7, 11) is 2.07. The Morgan fingerprint density at radius 2 is 1.90 bits per heavy atom. The van der Waals surface area contributed by atoms with Crippen LogP contribution in [0.2, 0.25) is 0 Å². The van der Waals surface area contributed by atoms with Crippen molar-refractivity contribution in [2.24, 2.45) is 0 Å². The Balaban J connectivity index is 1.45. The Kier molecular flexibility index (Phi) is 11.2. The number of anilines is 1. The highest BCUT2D eigenvalue weighted by atomic mass is 16.7. The number of ether oxygens (including phenoxy) is 3. The van der Waals surface area contributed by atoms with Crippen LogP contribution < -0.4 is 10.6 Å². The molecule has 3 N–H and O–H groups in total. The zero-order valence-electron chi connectivity index (χ0n) is 23.5. The molecule has 3 atom stereocenters. The van der Waals surface area contributed by atoms with Gasteiger partial charge < -0.3 is 34.9 Å². The average Bonchev–Trinajstić information content (AvgIpc) is 3.00. The van der Waals surface area contributed by atoms with E-state index in [1.54, 1.807) is 25.3 Å². The van der Waals surface area contributed by atoms with Gasteiger partial charge in [-0.05, 0) is 49.4 Å². The van der Waals surface area contributed by atoms with Crippen LogP contribution in [0.4, 0.5) is 10.5 Å². The molecule has 0 bridgehead atoms. The Bertz CT molecular complexity index is 1260. The molecule has 1 fully saturated rings. The molecule has 2 amide bonds. The molecule has 1 aliphatic rings. The van der Waals surface area contributed by atoms with Crippen LogP contribution in [0.5, 0.6) is 0 Å². The fourth-order valence-corrected chi connectivity index (χ4v) is 4.63. The molecule has 10 heteroatoms. The van der Waals surface area contributed by atoms with E-state index in [0.29, 0.717) is 18.7 Å². The highest BCUT2D eigenvalue weighted by Gasteiger charge is 2.33. The highest BCUT2D eigenvalue weighted by molar-refractivity contribution is 5.91. The molecule has 1 aliphatic heterocycles. The molecule has 10 nitrogen and oxygen atoms in total. The van der Waals surface area contributed by atoms with Gasteiger partial charge in [-0.2, -0.15) is 0 Å². The summed E-state index contributed by atoms with van der Waals surface area (Å²) in [5.74, 6) is -0.505. The van der Waals surface area contributed by atoms with Crippen molar-refractivity contribution >= 4 is 17.7 Å². The highest BCUT2D eigenvalue weighted by Crippen LogP contribution is 2.38. The van der Waals surface area contributed by atoms with Crippen molar-refractivity contribution in [3.63, 3.8) is 0 Å². The molecule has 0 spiro atoms. The third-order valence-electron chi connectivity index (χ3n) is 6.72. The third kappa shape index (κ3) is 9.36. The van der Waals surface area contributed by atoms with E-state index in [1.165, 1.54) is 0 Å². The van der Waals surface area contributed by atoms with Gasteiger partial charge in [0.25, 0.3) is 0 Å². The summed E-state index contributed by atoms with van der Waals surface area (Å²) in [5, 5.41) is 14.7. The number of nitrogens with zero attached hydrogens (tertiary/aromatic N) is 2. The number of rotatable bonds is 12. The predicted molar refractivity (Wildman–Crippen MR) is 154 cm³/mol. The maximum absolute atomic E-state index is 12.3. The van der Waals surface area contributed by atoms with Crippen molar-refractivity contribution < 1.29 is 28.9 Å². The number of esters is 1. The minimum absolute atomic E-state index is 0.0195. The van der Waals surface area contributed by atoms with Crippen LogP contribution >= 0.6 is 0 Å². The van der Waals surface area contributed by atoms with Crippen LogP contribution in [-0.2, 0) is 32.0 Å². The summed E-state index contributed by atoms with van der Waals surface area (Å²) in [4.78, 5) is 30.5. The molecule has 0 aliphatic carbocycles. The molecule has 218 valence electrons. The lowest BCUT2D eigenvalue weighted by atomic mass is 9.99. The van der Waals surface area contributed by atoms with Crippen LogP contribution in [0, 0.1) is 0 Å². The average molecular weight is 563 g/mol. The van der Waals surface area contributed by atoms with Gasteiger partial charge in [0.05, 0.1) is 25.4 Å². The van der Waals surface area contributed by atoms with Crippen molar-refractivity contribution in [2.75, 3.05) is 38.6 Å². The van der Waals surface area contributed by atoms with Crippen molar-refractivity contribution in [3.8, 4) is 0 Å². The first-order valence-corrected chi connectivity index (χ1v) is 13.8. The molecule has 2 heterocycles. The minimum Gasteiger partial charge on any atom is -0.465 e. The summed E-state index contributed by atoms with van der Waals surface area (Å²) < 4.78 is 17.7. The number of pyridine rings is 1. The second-order valence-corrected chi connectivity index (χ2v) is 9.92. The molecule has 0 saturated carbocycles. The number of hydrogen-bond donors (Lipinski definition) is 3.